The average Bonchev–Trinajstić information content (AvgIpc) is 2.31. The highest BCUT2D eigenvalue weighted by Gasteiger charge is 2.26. The van der Waals surface area contributed by atoms with E-state index in [0.717, 1.165) is 16.6 Å². The van der Waals surface area contributed by atoms with Gasteiger partial charge in [-0.1, -0.05) is 22.9 Å². The fraction of sp³-hybridized carbons (Fsp3) is 0.500. The molecule has 16 heavy (non-hydrogen) atoms. The van der Waals surface area contributed by atoms with Crippen LogP contribution in [0.5, 0.6) is 0 Å². The van der Waals surface area contributed by atoms with Gasteiger partial charge in [0.05, 0.1) is 12.1 Å². The molecule has 4 heteroatoms. The summed E-state index contributed by atoms with van der Waals surface area (Å²) in [5.41, 5.74) is 6.71. The van der Waals surface area contributed by atoms with E-state index in [1.54, 1.807) is 7.11 Å². The summed E-state index contributed by atoms with van der Waals surface area (Å²) in [7, 11) is 1.70. The van der Waals surface area contributed by atoms with E-state index in [4.69, 9.17) is 10.5 Å². The number of methoxy groups -OCH3 is 1. The Morgan fingerprint density at radius 2 is 2.00 bits per heavy atom. The summed E-state index contributed by atoms with van der Waals surface area (Å²) in [6.07, 6.45) is 0.924. The third-order valence-corrected chi connectivity index (χ3v) is 3.27. The van der Waals surface area contributed by atoms with E-state index in [2.05, 4.69) is 28.2 Å². The van der Waals surface area contributed by atoms with Gasteiger partial charge in [-0.15, -0.1) is 0 Å². The average molecular weight is 287 g/mol. The van der Waals surface area contributed by atoms with Gasteiger partial charge in [0.1, 0.15) is 0 Å². The lowest BCUT2D eigenvalue weighted by Gasteiger charge is -2.33. The molecule has 0 aliphatic carbocycles. The van der Waals surface area contributed by atoms with Crippen molar-refractivity contribution in [2.45, 2.75) is 18.9 Å². The van der Waals surface area contributed by atoms with E-state index < -0.39 is 0 Å². The molecule has 0 aliphatic heterocycles. The van der Waals surface area contributed by atoms with Crippen LogP contribution < -0.4 is 11.1 Å². The second-order valence-electron chi connectivity index (χ2n) is 3.90. The maximum Gasteiger partial charge on any atom is 0.0725 e. The molecule has 0 saturated heterocycles. The van der Waals surface area contributed by atoms with Crippen LogP contribution >= 0.6 is 15.9 Å². The van der Waals surface area contributed by atoms with Crippen molar-refractivity contribution in [3.05, 3.63) is 28.7 Å². The van der Waals surface area contributed by atoms with Gasteiger partial charge in [-0.3, -0.25) is 0 Å². The summed E-state index contributed by atoms with van der Waals surface area (Å²) >= 11 is 3.41. The maximum atomic E-state index is 5.83. The largest absolute Gasteiger partial charge is 0.382 e. The Labute approximate surface area is 105 Å². The third kappa shape index (κ3) is 3.47. The number of ether oxygens (including phenoxy) is 1. The van der Waals surface area contributed by atoms with Crippen LogP contribution in [-0.2, 0) is 4.74 Å². The first kappa shape index (κ1) is 13.5. The number of hydrogen-bond donors (Lipinski definition) is 2. The standard InChI is InChI=1S/C12H19BrN2O/c1-3-12(8-14,9-16-2)15-11-6-4-10(13)5-7-11/h4-7,15H,3,8-9,14H2,1-2H3. The molecule has 1 aromatic carbocycles. The minimum atomic E-state index is -0.178. The molecule has 1 aromatic rings. The van der Waals surface area contributed by atoms with E-state index in [1.165, 1.54) is 0 Å². The molecule has 1 unspecified atom stereocenters. The van der Waals surface area contributed by atoms with Crippen LogP contribution in [0.2, 0.25) is 0 Å². The predicted octanol–water partition coefficient (Wildman–Crippen LogP) is 2.61. The van der Waals surface area contributed by atoms with Crippen molar-refractivity contribution in [2.75, 3.05) is 25.6 Å². The summed E-state index contributed by atoms with van der Waals surface area (Å²) in [5.74, 6) is 0. The van der Waals surface area contributed by atoms with Crippen LogP contribution in [0.4, 0.5) is 5.69 Å². The first-order valence-electron chi connectivity index (χ1n) is 5.38. The second-order valence-corrected chi connectivity index (χ2v) is 4.82. The molecule has 0 radical (unpaired) electrons. The molecule has 3 nitrogen and oxygen atoms in total. The summed E-state index contributed by atoms with van der Waals surface area (Å²) < 4.78 is 6.30. The van der Waals surface area contributed by atoms with Crippen molar-refractivity contribution in [2.24, 2.45) is 5.73 Å². The molecule has 0 aliphatic rings. The van der Waals surface area contributed by atoms with Gasteiger partial charge in [-0.05, 0) is 30.7 Å². The molecule has 90 valence electrons. The number of benzene rings is 1. The van der Waals surface area contributed by atoms with Crippen LogP contribution in [0.25, 0.3) is 0 Å². The number of rotatable bonds is 6. The molecule has 1 atom stereocenters. The van der Waals surface area contributed by atoms with Crippen molar-refractivity contribution < 1.29 is 4.74 Å². The van der Waals surface area contributed by atoms with Crippen LogP contribution in [0.3, 0.4) is 0 Å². The second kappa shape index (κ2) is 6.23. The van der Waals surface area contributed by atoms with Crippen molar-refractivity contribution in [1.82, 2.24) is 0 Å². The topological polar surface area (TPSA) is 47.3 Å². The molecule has 0 bridgehead atoms. The highest BCUT2D eigenvalue weighted by atomic mass is 79.9. The maximum absolute atomic E-state index is 5.83. The number of hydrogen-bond acceptors (Lipinski definition) is 3. The van der Waals surface area contributed by atoms with Crippen molar-refractivity contribution in [1.29, 1.82) is 0 Å². The first-order chi connectivity index (χ1) is 7.65. The Bertz CT molecular complexity index is 309. The predicted molar refractivity (Wildman–Crippen MR) is 71.7 cm³/mol. The van der Waals surface area contributed by atoms with Gasteiger partial charge in [0, 0.05) is 23.8 Å². The summed E-state index contributed by atoms with van der Waals surface area (Å²) in [6.45, 7) is 3.27. The van der Waals surface area contributed by atoms with E-state index in [9.17, 15) is 0 Å². The van der Waals surface area contributed by atoms with Gasteiger partial charge >= 0.3 is 0 Å². The smallest absolute Gasteiger partial charge is 0.0725 e. The van der Waals surface area contributed by atoms with Crippen molar-refractivity contribution >= 4 is 21.6 Å². The van der Waals surface area contributed by atoms with E-state index in [1.807, 2.05) is 24.3 Å². The molecule has 0 fully saturated rings. The molecule has 3 N–H and O–H groups in total. The lowest BCUT2D eigenvalue weighted by Crippen LogP contribution is -2.48. The highest BCUT2D eigenvalue weighted by Crippen LogP contribution is 2.20. The van der Waals surface area contributed by atoms with Gasteiger partial charge < -0.3 is 15.8 Å². The Morgan fingerprint density at radius 3 is 2.44 bits per heavy atom. The molecular formula is C12H19BrN2O. The van der Waals surface area contributed by atoms with Gasteiger partial charge in [-0.2, -0.15) is 0 Å². The van der Waals surface area contributed by atoms with E-state index in [-0.39, 0.29) is 5.54 Å². The zero-order valence-electron chi connectivity index (χ0n) is 9.79. The molecule has 0 aromatic heterocycles. The lowest BCUT2D eigenvalue weighted by atomic mass is 9.97. The monoisotopic (exact) mass is 286 g/mol. The Hall–Kier alpha value is -0.580. The minimum absolute atomic E-state index is 0.178. The highest BCUT2D eigenvalue weighted by molar-refractivity contribution is 9.10. The number of nitrogens with two attached hydrogens (primary N) is 1. The molecule has 0 heterocycles. The Morgan fingerprint density at radius 1 is 1.38 bits per heavy atom. The first-order valence-corrected chi connectivity index (χ1v) is 6.18. The lowest BCUT2D eigenvalue weighted by molar-refractivity contribution is 0.143. The number of halogens is 1. The van der Waals surface area contributed by atoms with Crippen LogP contribution in [-0.4, -0.2) is 25.8 Å². The Kier molecular flexibility index (Phi) is 5.25. The summed E-state index contributed by atoms with van der Waals surface area (Å²) in [5, 5.41) is 3.45. The zero-order chi connectivity index (χ0) is 12.0. The van der Waals surface area contributed by atoms with Crippen molar-refractivity contribution in [3.63, 3.8) is 0 Å². The fourth-order valence-electron chi connectivity index (χ4n) is 1.60. The van der Waals surface area contributed by atoms with Gasteiger partial charge in [0.25, 0.3) is 0 Å². The zero-order valence-corrected chi connectivity index (χ0v) is 11.4. The van der Waals surface area contributed by atoms with Gasteiger partial charge in [0.15, 0.2) is 0 Å². The quantitative estimate of drug-likeness (QED) is 0.845. The van der Waals surface area contributed by atoms with E-state index >= 15 is 0 Å². The minimum Gasteiger partial charge on any atom is -0.382 e. The normalized spacial score (nSPS) is 14.5. The van der Waals surface area contributed by atoms with E-state index in [0.29, 0.717) is 13.2 Å². The van der Waals surface area contributed by atoms with Crippen molar-refractivity contribution in [3.8, 4) is 0 Å². The number of anilines is 1. The third-order valence-electron chi connectivity index (χ3n) is 2.74. The number of nitrogens with one attached hydrogen (secondary N) is 1. The fourth-order valence-corrected chi connectivity index (χ4v) is 1.86. The molecule has 0 amide bonds. The molecule has 0 spiro atoms. The molecular weight excluding hydrogens is 268 g/mol. The SMILES string of the molecule is CCC(CN)(COC)Nc1ccc(Br)cc1. The Balaban J connectivity index is 2.78. The summed E-state index contributed by atoms with van der Waals surface area (Å²) in [6, 6.07) is 8.07. The molecule has 1 rings (SSSR count). The summed E-state index contributed by atoms with van der Waals surface area (Å²) in [4.78, 5) is 0. The van der Waals surface area contributed by atoms with Gasteiger partial charge in [-0.25, -0.2) is 0 Å². The van der Waals surface area contributed by atoms with Crippen LogP contribution in [0, 0.1) is 0 Å². The van der Waals surface area contributed by atoms with Crippen LogP contribution in [0.15, 0.2) is 28.7 Å². The van der Waals surface area contributed by atoms with Crippen LogP contribution in [0.1, 0.15) is 13.3 Å². The molecule has 0 saturated carbocycles. The van der Waals surface area contributed by atoms with Gasteiger partial charge in [0.2, 0.25) is 0 Å².